The summed E-state index contributed by atoms with van der Waals surface area (Å²) in [6.45, 7) is 0.646. The lowest BCUT2D eigenvalue weighted by Gasteiger charge is -2.13. The topological polar surface area (TPSA) is 37.4 Å². The lowest BCUT2D eigenvalue weighted by atomic mass is 10.1. The van der Waals surface area contributed by atoms with Gasteiger partial charge in [-0.15, -0.1) is 0 Å². The van der Waals surface area contributed by atoms with Crippen molar-refractivity contribution in [1.29, 1.82) is 0 Å². The fourth-order valence-electron chi connectivity index (χ4n) is 2.26. The Morgan fingerprint density at radius 1 is 1.41 bits per heavy atom. The number of unbranched alkanes of at least 4 members (excludes halogenated alkanes) is 1. The van der Waals surface area contributed by atoms with Gasteiger partial charge in [-0.2, -0.15) is 0 Å². The van der Waals surface area contributed by atoms with Crippen LogP contribution in [-0.2, 0) is 9.59 Å². The standard InChI is InChI=1S/C12H19NO2S2/c14-11(13-8-3-6-12(13)15)5-2-1-4-10-7-9-16-17-10/h10H,1-9H2. The van der Waals surface area contributed by atoms with Crippen LogP contribution in [0.3, 0.4) is 0 Å². The number of likely N-dealkylation sites (tertiary alicyclic amines) is 1. The Kier molecular flexibility index (Phi) is 5.22. The van der Waals surface area contributed by atoms with Crippen molar-refractivity contribution in [3.05, 3.63) is 0 Å². The van der Waals surface area contributed by atoms with Gasteiger partial charge in [0.25, 0.3) is 0 Å². The van der Waals surface area contributed by atoms with Gasteiger partial charge in [0.15, 0.2) is 0 Å². The van der Waals surface area contributed by atoms with Crippen LogP contribution in [0.4, 0.5) is 0 Å². The number of amides is 2. The van der Waals surface area contributed by atoms with Crippen LogP contribution in [0.2, 0.25) is 0 Å². The normalized spacial score (nSPS) is 24.6. The summed E-state index contributed by atoms with van der Waals surface area (Å²) in [5, 5.41) is 0.795. The lowest BCUT2D eigenvalue weighted by molar-refractivity contribution is -0.141. The predicted octanol–water partition coefficient (Wildman–Crippen LogP) is 2.85. The van der Waals surface area contributed by atoms with Gasteiger partial charge in [-0.1, -0.05) is 28.0 Å². The van der Waals surface area contributed by atoms with E-state index in [9.17, 15) is 9.59 Å². The molecule has 2 aliphatic heterocycles. The van der Waals surface area contributed by atoms with Gasteiger partial charge in [-0.3, -0.25) is 14.5 Å². The first-order valence-electron chi connectivity index (χ1n) is 6.39. The number of hydrogen-bond donors (Lipinski definition) is 0. The molecule has 2 heterocycles. The summed E-state index contributed by atoms with van der Waals surface area (Å²) in [5.41, 5.74) is 0. The van der Waals surface area contributed by atoms with E-state index in [0.29, 0.717) is 19.4 Å². The minimum atomic E-state index is 0.0257. The molecule has 0 radical (unpaired) electrons. The van der Waals surface area contributed by atoms with Crippen molar-refractivity contribution in [2.75, 3.05) is 12.3 Å². The molecule has 0 aromatic heterocycles. The van der Waals surface area contributed by atoms with E-state index in [1.54, 1.807) is 0 Å². The number of carbonyl (C=O) groups excluding carboxylic acids is 2. The predicted molar refractivity (Wildman–Crippen MR) is 72.9 cm³/mol. The van der Waals surface area contributed by atoms with Crippen molar-refractivity contribution in [2.24, 2.45) is 0 Å². The molecule has 0 aromatic rings. The zero-order valence-electron chi connectivity index (χ0n) is 10.0. The first-order chi connectivity index (χ1) is 8.27. The molecule has 3 nitrogen and oxygen atoms in total. The van der Waals surface area contributed by atoms with Gasteiger partial charge in [0, 0.05) is 30.4 Å². The van der Waals surface area contributed by atoms with Gasteiger partial charge in [0.1, 0.15) is 0 Å². The number of rotatable bonds is 5. The third-order valence-electron chi connectivity index (χ3n) is 3.27. The molecule has 0 aliphatic carbocycles. The van der Waals surface area contributed by atoms with Crippen LogP contribution in [0, 0.1) is 0 Å². The molecule has 0 aromatic carbocycles. The zero-order chi connectivity index (χ0) is 12.1. The molecule has 2 aliphatic rings. The van der Waals surface area contributed by atoms with E-state index < -0.39 is 0 Å². The Bertz CT molecular complexity index is 290. The second-order valence-electron chi connectivity index (χ2n) is 4.62. The van der Waals surface area contributed by atoms with Crippen LogP contribution in [0.5, 0.6) is 0 Å². The van der Waals surface area contributed by atoms with E-state index >= 15 is 0 Å². The molecule has 2 rings (SSSR count). The second kappa shape index (κ2) is 6.69. The fourth-order valence-corrected chi connectivity index (χ4v) is 5.29. The van der Waals surface area contributed by atoms with Gasteiger partial charge in [0.05, 0.1) is 0 Å². The van der Waals surface area contributed by atoms with Crippen LogP contribution in [-0.4, -0.2) is 34.3 Å². The highest BCUT2D eigenvalue weighted by atomic mass is 33.1. The Hall–Kier alpha value is -0.160. The Balaban J connectivity index is 1.58. The maximum absolute atomic E-state index is 11.7. The number of carbonyl (C=O) groups is 2. The molecule has 0 spiro atoms. The lowest BCUT2D eigenvalue weighted by Crippen LogP contribution is -2.31. The molecule has 17 heavy (non-hydrogen) atoms. The fraction of sp³-hybridized carbons (Fsp3) is 0.833. The largest absolute Gasteiger partial charge is 0.283 e. The van der Waals surface area contributed by atoms with Crippen molar-refractivity contribution in [1.82, 2.24) is 4.90 Å². The minimum absolute atomic E-state index is 0.0257. The Labute approximate surface area is 110 Å². The number of hydrogen-bond acceptors (Lipinski definition) is 4. The molecule has 0 N–H and O–H groups in total. The molecule has 1 atom stereocenters. The summed E-state index contributed by atoms with van der Waals surface area (Å²) in [6.07, 6.45) is 6.54. The van der Waals surface area contributed by atoms with E-state index in [1.807, 2.05) is 21.6 Å². The van der Waals surface area contributed by atoms with E-state index in [0.717, 1.165) is 24.5 Å². The number of nitrogens with zero attached hydrogens (tertiary/aromatic N) is 1. The monoisotopic (exact) mass is 273 g/mol. The van der Waals surface area contributed by atoms with Crippen molar-refractivity contribution in [2.45, 2.75) is 50.2 Å². The summed E-state index contributed by atoms with van der Waals surface area (Å²) >= 11 is 0. The zero-order valence-corrected chi connectivity index (χ0v) is 11.7. The highest BCUT2D eigenvalue weighted by molar-refractivity contribution is 8.77. The molecular weight excluding hydrogens is 254 g/mol. The molecule has 2 fully saturated rings. The van der Waals surface area contributed by atoms with Crippen molar-refractivity contribution in [3.63, 3.8) is 0 Å². The summed E-state index contributed by atoms with van der Waals surface area (Å²) in [5.74, 6) is 1.34. The van der Waals surface area contributed by atoms with Crippen molar-refractivity contribution < 1.29 is 9.59 Å². The van der Waals surface area contributed by atoms with Gasteiger partial charge in [0.2, 0.25) is 11.8 Å². The second-order valence-corrected chi connectivity index (χ2v) is 7.40. The quantitative estimate of drug-likeness (QED) is 0.570. The van der Waals surface area contributed by atoms with Crippen molar-refractivity contribution >= 4 is 33.4 Å². The van der Waals surface area contributed by atoms with Crippen molar-refractivity contribution in [3.8, 4) is 0 Å². The summed E-state index contributed by atoms with van der Waals surface area (Å²) in [7, 11) is 3.96. The minimum Gasteiger partial charge on any atom is -0.283 e. The molecule has 2 amide bonds. The summed E-state index contributed by atoms with van der Waals surface area (Å²) in [4.78, 5) is 24.5. The SMILES string of the molecule is O=C(CCCCC1CCSS1)N1CCCC1=O. The molecular formula is C12H19NO2S2. The van der Waals surface area contributed by atoms with Gasteiger partial charge in [-0.25, -0.2) is 0 Å². The van der Waals surface area contributed by atoms with Gasteiger partial charge in [-0.05, 0) is 25.7 Å². The van der Waals surface area contributed by atoms with E-state index in [2.05, 4.69) is 0 Å². The Morgan fingerprint density at radius 3 is 2.94 bits per heavy atom. The highest BCUT2D eigenvalue weighted by Gasteiger charge is 2.25. The van der Waals surface area contributed by atoms with Crippen LogP contribution in [0.25, 0.3) is 0 Å². The molecule has 0 saturated carbocycles. The average molecular weight is 273 g/mol. The molecule has 0 bridgehead atoms. The molecule has 96 valence electrons. The van der Waals surface area contributed by atoms with Crippen LogP contribution < -0.4 is 0 Å². The average Bonchev–Trinajstić information content (AvgIpc) is 2.95. The molecule has 2 saturated heterocycles. The van der Waals surface area contributed by atoms with Crippen LogP contribution >= 0.6 is 21.6 Å². The highest BCUT2D eigenvalue weighted by Crippen LogP contribution is 2.39. The molecule has 1 unspecified atom stereocenters. The van der Waals surface area contributed by atoms with Crippen LogP contribution in [0.1, 0.15) is 44.9 Å². The summed E-state index contributed by atoms with van der Waals surface area (Å²) in [6, 6.07) is 0. The van der Waals surface area contributed by atoms with Crippen LogP contribution in [0.15, 0.2) is 0 Å². The maximum Gasteiger partial charge on any atom is 0.229 e. The van der Waals surface area contributed by atoms with Gasteiger partial charge >= 0.3 is 0 Å². The smallest absolute Gasteiger partial charge is 0.229 e. The maximum atomic E-state index is 11.7. The third-order valence-corrected chi connectivity index (χ3v) is 6.28. The molecule has 5 heteroatoms. The van der Waals surface area contributed by atoms with E-state index in [-0.39, 0.29) is 11.8 Å². The first kappa shape index (κ1) is 13.3. The number of imide groups is 1. The first-order valence-corrected chi connectivity index (χ1v) is 8.77. The van der Waals surface area contributed by atoms with E-state index in [4.69, 9.17) is 0 Å². The Morgan fingerprint density at radius 2 is 2.29 bits per heavy atom. The summed E-state index contributed by atoms with van der Waals surface area (Å²) < 4.78 is 0. The van der Waals surface area contributed by atoms with E-state index in [1.165, 1.54) is 23.5 Å². The third kappa shape index (κ3) is 3.91. The van der Waals surface area contributed by atoms with Gasteiger partial charge < -0.3 is 0 Å².